The van der Waals surface area contributed by atoms with Gasteiger partial charge in [0.05, 0.1) is 11.6 Å². The van der Waals surface area contributed by atoms with Crippen LogP contribution in [0.5, 0.6) is 0 Å². The third kappa shape index (κ3) is 3.03. The van der Waals surface area contributed by atoms with Gasteiger partial charge in [-0.3, -0.25) is 4.90 Å². The van der Waals surface area contributed by atoms with Gasteiger partial charge in [-0.1, -0.05) is 0 Å². The Balaban J connectivity index is 2.15. The first-order valence-electron chi connectivity index (χ1n) is 7.97. The van der Waals surface area contributed by atoms with Gasteiger partial charge in [-0.15, -0.1) is 0 Å². The molecule has 1 saturated heterocycles. The normalized spacial score (nSPS) is 19.4. The van der Waals surface area contributed by atoms with E-state index in [4.69, 9.17) is 10.5 Å². The highest BCUT2D eigenvalue weighted by atomic mass is 16.6. The summed E-state index contributed by atoms with van der Waals surface area (Å²) in [6.07, 6.45) is 3.49. The average Bonchev–Trinajstić information content (AvgIpc) is 2.99. The van der Waals surface area contributed by atoms with Gasteiger partial charge in [-0.05, 0) is 53.3 Å². The van der Waals surface area contributed by atoms with Crippen molar-refractivity contribution in [3.05, 3.63) is 24.0 Å². The second-order valence-electron chi connectivity index (χ2n) is 7.19. The molecule has 124 valence electrons. The molecule has 6 heteroatoms. The van der Waals surface area contributed by atoms with Crippen molar-refractivity contribution in [2.75, 3.05) is 19.3 Å². The van der Waals surface area contributed by atoms with Crippen LogP contribution in [-0.4, -0.2) is 39.7 Å². The fourth-order valence-electron chi connectivity index (χ4n) is 3.18. The molecule has 0 saturated carbocycles. The molecule has 0 aliphatic carbocycles. The molecular weight excluding hydrogens is 292 g/mol. The van der Waals surface area contributed by atoms with E-state index in [1.54, 1.807) is 16.8 Å². The minimum Gasteiger partial charge on any atom is -0.443 e. The number of hydrogen-bond donors (Lipinski definition) is 1. The van der Waals surface area contributed by atoms with Crippen LogP contribution in [0.15, 0.2) is 18.3 Å². The second kappa shape index (κ2) is 5.53. The predicted molar refractivity (Wildman–Crippen MR) is 90.4 cm³/mol. The standard InChI is InChI=1S/C17H24N4O2/c1-17(2,3)23-16(22)21-13-9-15(18)19-10-11(13)8-14(21)12-6-5-7-20(12)4/h8-10,12H,5-7H2,1-4H3,(H2,18,19)/t12-/m1/s1. The number of carbonyl (C=O) groups is 1. The van der Waals surface area contributed by atoms with Gasteiger partial charge in [0.15, 0.2) is 0 Å². The lowest BCUT2D eigenvalue weighted by Crippen LogP contribution is -2.30. The molecule has 2 N–H and O–H groups in total. The Morgan fingerprint density at radius 1 is 1.39 bits per heavy atom. The van der Waals surface area contributed by atoms with Crippen molar-refractivity contribution in [1.29, 1.82) is 0 Å². The number of nitrogen functional groups attached to an aromatic ring is 1. The van der Waals surface area contributed by atoms with Crippen molar-refractivity contribution in [1.82, 2.24) is 14.5 Å². The maximum atomic E-state index is 12.8. The monoisotopic (exact) mass is 316 g/mol. The molecule has 0 spiro atoms. The average molecular weight is 316 g/mol. The summed E-state index contributed by atoms with van der Waals surface area (Å²) in [5, 5.41) is 0.903. The van der Waals surface area contributed by atoms with E-state index >= 15 is 0 Å². The number of nitrogens with zero attached hydrogens (tertiary/aromatic N) is 3. The highest BCUT2D eigenvalue weighted by molar-refractivity contribution is 5.91. The summed E-state index contributed by atoms with van der Waals surface area (Å²) in [7, 11) is 2.08. The van der Waals surface area contributed by atoms with Crippen LogP contribution < -0.4 is 5.73 Å². The van der Waals surface area contributed by atoms with Crippen molar-refractivity contribution in [2.24, 2.45) is 0 Å². The van der Waals surface area contributed by atoms with Gasteiger partial charge >= 0.3 is 6.09 Å². The molecule has 1 aliphatic heterocycles. The molecule has 0 amide bonds. The van der Waals surface area contributed by atoms with Crippen LogP contribution in [-0.2, 0) is 4.74 Å². The number of hydrogen-bond acceptors (Lipinski definition) is 5. The van der Waals surface area contributed by atoms with Crippen molar-refractivity contribution in [3.63, 3.8) is 0 Å². The molecule has 6 nitrogen and oxygen atoms in total. The van der Waals surface area contributed by atoms with E-state index in [9.17, 15) is 4.79 Å². The van der Waals surface area contributed by atoms with E-state index in [2.05, 4.69) is 16.9 Å². The van der Waals surface area contributed by atoms with Crippen LogP contribution in [0.1, 0.15) is 45.3 Å². The molecule has 1 fully saturated rings. The molecule has 23 heavy (non-hydrogen) atoms. The van der Waals surface area contributed by atoms with Crippen molar-refractivity contribution in [3.8, 4) is 0 Å². The van der Waals surface area contributed by atoms with E-state index in [1.165, 1.54) is 0 Å². The lowest BCUT2D eigenvalue weighted by molar-refractivity contribution is 0.0534. The summed E-state index contributed by atoms with van der Waals surface area (Å²) in [6, 6.07) is 3.96. The fourth-order valence-corrected chi connectivity index (χ4v) is 3.18. The summed E-state index contributed by atoms with van der Waals surface area (Å²) in [5.74, 6) is 0.395. The smallest absolute Gasteiger partial charge is 0.419 e. The molecule has 0 unspecified atom stereocenters. The molecule has 3 heterocycles. The molecule has 1 aliphatic rings. The van der Waals surface area contributed by atoms with Gasteiger partial charge in [-0.2, -0.15) is 0 Å². The molecule has 0 aromatic carbocycles. The van der Waals surface area contributed by atoms with Crippen LogP contribution >= 0.6 is 0 Å². The van der Waals surface area contributed by atoms with Crippen molar-refractivity contribution in [2.45, 2.75) is 45.3 Å². The van der Waals surface area contributed by atoms with E-state index < -0.39 is 5.60 Å². The highest BCUT2D eigenvalue weighted by Gasteiger charge is 2.30. The molecule has 3 rings (SSSR count). The number of ether oxygens (including phenoxy) is 1. The minimum absolute atomic E-state index is 0.205. The molecule has 0 radical (unpaired) electrons. The van der Waals surface area contributed by atoms with Crippen LogP contribution in [0.25, 0.3) is 10.9 Å². The largest absolute Gasteiger partial charge is 0.443 e. The van der Waals surface area contributed by atoms with E-state index in [0.29, 0.717) is 5.82 Å². The van der Waals surface area contributed by atoms with Crippen LogP contribution in [0, 0.1) is 0 Å². The summed E-state index contributed by atoms with van der Waals surface area (Å²) in [4.78, 5) is 19.2. The van der Waals surface area contributed by atoms with Gasteiger partial charge < -0.3 is 10.5 Å². The summed E-state index contributed by atoms with van der Waals surface area (Å²) in [5.41, 5.74) is 6.97. The quantitative estimate of drug-likeness (QED) is 0.875. The zero-order valence-corrected chi connectivity index (χ0v) is 14.2. The first-order chi connectivity index (χ1) is 10.8. The lowest BCUT2D eigenvalue weighted by Gasteiger charge is -2.24. The minimum atomic E-state index is -0.550. The molecule has 1 atom stereocenters. The first kappa shape index (κ1) is 15.8. The topological polar surface area (TPSA) is 73.4 Å². The Bertz CT molecular complexity index is 745. The fraction of sp³-hybridized carbons (Fsp3) is 0.529. The van der Waals surface area contributed by atoms with Crippen LogP contribution in [0.2, 0.25) is 0 Å². The van der Waals surface area contributed by atoms with Gasteiger partial charge in [0.25, 0.3) is 0 Å². The van der Waals surface area contributed by atoms with Gasteiger partial charge in [0.1, 0.15) is 11.4 Å². The Hall–Kier alpha value is -2.08. The SMILES string of the molecule is CN1CCC[C@@H]1c1cc2cnc(N)cc2n1C(=O)OC(C)(C)C. The number of nitrogens with two attached hydrogens (primary N) is 1. The molecule has 2 aromatic heterocycles. The molecule has 2 aromatic rings. The van der Waals surface area contributed by atoms with Crippen LogP contribution in [0.3, 0.4) is 0 Å². The number of anilines is 1. The zero-order chi connectivity index (χ0) is 16.8. The molecular formula is C17H24N4O2. The number of carbonyl (C=O) groups excluding carboxylic acids is 1. The van der Waals surface area contributed by atoms with E-state index in [1.807, 2.05) is 26.8 Å². The lowest BCUT2D eigenvalue weighted by atomic mass is 10.1. The second-order valence-corrected chi connectivity index (χ2v) is 7.19. The molecule has 0 bridgehead atoms. The maximum Gasteiger partial charge on any atom is 0.419 e. The number of pyridine rings is 1. The Morgan fingerprint density at radius 2 is 2.13 bits per heavy atom. The Morgan fingerprint density at radius 3 is 2.74 bits per heavy atom. The number of rotatable bonds is 1. The van der Waals surface area contributed by atoms with Crippen LogP contribution in [0.4, 0.5) is 10.6 Å². The number of fused-ring (bicyclic) bond motifs is 1. The van der Waals surface area contributed by atoms with E-state index in [-0.39, 0.29) is 12.1 Å². The number of likely N-dealkylation sites (tertiary alicyclic amines) is 1. The third-order valence-electron chi connectivity index (χ3n) is 4.17. The Kier molecular flexibility index (Phi) is 3.80. The zero-order valence-electron chi connectivity index (χ0n) is 14.2. The van der Waals surface area contributed by atoms with Crippen molar-refractivity contribution < 1.29 is 9.53 Å². The number of aromatic nitrogens is 2. The summed E-state index contributed by atoms with van der Waals surface area (Å²) in [6.45, 7) is 6.64. The Labute approximate surface area is 136 Å². The predicted octanol–water partition coefficient (Wildman–Crippen LogP) is 3.17. The third-order valence-corrected chi connectivity index (χ3v) is 4.17. The van der Waals surface area contributed by atoms with Crippen molar-refractivity contribution >= 4 is 22.8 Å². The first-order valence-corrected chi connectivity index (χ1v) is 7.97. The summed E-state index contributed by atoms with van der Waals surface area (Å²) >= 11 is 0. The van der Waals surface area contributed by atoms with E-state index in [0.717, 1.165) is 36.0 Å². The van der Waals surface area contributed by atoms with Gasteiger partial charge in [-0.25, -0.2) is 14.3 Å². The van der Waals surface area contributed by atoms with Gasteiger partial charge in [0, 0.05) is 23.3 Å². The maximum absolute atomic E-state index is 12.8. The summed E-state index contributed by atoms with van der Waals surface area (Å²) < 4.78 is 7.27. The van der Waals surface area contributed by atoms with Gasteiger partial charge in [0.2, 0.25) is 0 Å². The highest BCUT2D eigenvalue weighted by Crippen LogP contribution is 2.34.